The van der Waals surface area contributed by atoms with E-state index in [9.17, 15) is 4.79 Å². The van der Waals surface area contributed by atoms with Gasteiger partial charge in [0.15, 0.2) is 11.5 Å². The highest BCUT2D eigenvalue weighted by Gasteiger charge is 2.33. The van der Waals surface area contributed by atoms with Crippen LogP contribution in [0.15, 0.2) is 28.7 Å². The quantitative estimate of drug-likeness (QED) is 0.873. The van der Waals surface area contributed by atoms with Crippen LogP contribution in [0.4, 0.5) is 0 Å². The van der Waals surface area contributed by atoms with Crippen molar-refractivity contribution in [2.24, 2.45) is 0 Å². The predicted octanol–water partition coefficient (Wildman–Crippen LogP) is 3.10. The maximum Gasteiger partial charge on any atom is 0.220 e. The summed E-state index contributed by atoms with van der Waals surface area (Å²) in [5, 5.41) is 0. The van der Waals surface area contributed by atoms with Crippen molar-refractivity contribution in [1.82, 2.24) is 4.90 Å². The molecule has 0 aliphatic carbocycles. The number of amides is 1. The van der Waals surface area contributed by atoms with E-state index < -0.39 is 0 Å². The lowest BCUT2D eigenvalue weighted by Gasteiger charge is -2.36. The molecule has 0 radical (unpaired) electrons. The molecule has 5 heteroatoms. The molecule has 1 unspecified atom stereocenters. The highest BCUT2D eigenvalue weighted by atomic mass is 16.5. The molecular weight excluding hydrogens is 294 g/mol. The van der Waals surface area contributed by atoms with Crippen LogP contribution in [0.3, 0.4) is 0 Å². The van der Waals surface area contributed by atoms with Gasteiger partial charge in [-0.2, -0.15) is 0 Å². The van der Waals surface area contributed by atoms with E-state index in [-0.39, 0.29) is 11.9 Å². The first kappa shape index (κ1) is 15.5. The van der Waals surface area contributed by atoms with Gasteiger partial charge in [-0.3, -0.25) is 4.79 Å². The number of rotatable bonds is 3. The first-order valence-electron chi connectivity index (χ1n) is 7.63. The molecule has 122 valence electrons. The summed E-state index contributed by atoms with van der Waals surface area (Å²) in [6, 6.07) is 7.56. The van der Waals surface area contributed by atoms with Crippen molar-refractivity contribution in [1.29, 1.82) is 0 Å². The predicted molar refractivity (Wildman–Crippen MR) is 85.9 cm³/mol. The molecule has 3 rings (SSSR count). The minimum Gasteiger partial charge on any atom is -0.493 e. The number of carbonyl (C=O) groups excluding carboxylic acids is 1. The molecule has 5 nitrogen and oxygen atoms in total. The van der Waals surface area contributed by atoms with Gasteiger partial charge in [0.05, 0.1) is 14.2 Å². The topological polar surface area (TPSA) is 51.9 Å². The van der Waals surface area contributed by atoms with Crippen LogP contribution in [0, 0.1) is 6.92 Å². The second-order valence-electron chi connectivity index (χ2n) is 5.72. The van der Waals surface area contributed by atoms with Crippen LogP contribution < -0.4 is 9.47 Å². The van der Waals surface area contributed by atoms with Crippen LogP contribution in [0.1, 0.15) is 35.6 Å². The number of methoxy groups -OCH3 is 2. The highest BCUT2D eigenvalue weighted by molar-refractivity contribution is 5.75. The summed E-state index contributed by atoms with van der Waals surface area (Å²) in [5.74, 6) is 2.99. The van der Waals surface area contributed by atoms with Gasteiger partial charge in [-0.05, 0) is 48.7 Å². The SMILES string of the molecule is COc1cc2c(cc1OC)C(c1ccc(C)o1)N(C(C)=O)CC2. The summed E-state index contributed by atoms with van der Waals surface area (Å²) >= 11 is 0. The van der Waals surface area contributed by atoms with Crippen molar-refractivity contribution in [2.45, 2.75) is 26.3 Å². The number of ether oxygens (including phenoxy) is 2. The molecule has 0 spiro atoms. The van der Waals surface area contributed by atoms with E-state index in [1.165, 1.54) is 0 Å². The lowest BCUT2D eigenvalue weighted by molar-refractivity contribution is -0.131. The van der Waals surface area contributed by atoms with Gasteiger partial charge >= 0.3 is 0 Å². The molecule has 1 aliphatic rings. The third kappa shape index (κ3) is 2.67. The Morgan fingerprint density at radius 3 is 2.48 bits per heavy atom. The number of benzene rings is 1. The molecule has 23 heavy (non-hydrogen) atoms. The molecule has 0 saturated carbocycles. The molecule has 1 aliphatic heterocycles. The van der Waals surface area contributed by atoms with Gasteiger partial charge in [0, 0.05) is 13.5 Å². The van der Waals surface area contributed by atoms with Crippen LogP contribution in [0.2, 0.25) is 0 Å². The van der Waals surface area contributed by atoms with Gasteiger partial charge in [0.25, 0.3) is 0 Å². The van der Waals surface area contributed by atoms with Crippen molar-refractivity contribution in [3.8, 4) is 11.5 Å². The first-order valence-corrected chi connectivity index (χ1v) is 7.63. The second kappa shape index (κ2) is 5.99. The normalized spacial score (nSPS) is 16.9. The number of furan rings is 1. The fraction of sp³-hybridized carbons (Fsp3) is 0.389. The zero-order chi connectivity index (χ0) is 16.6. The van der Waals surface area contributed by atoms with Crippen LogP contribution in [0.25, 0.3) is 0 Å². The fourth-order valence-electron chi connectivity index (χ4n) is 3.19. The average molecular weight is 315 g/mol. The Labute approximate surface area is 135 Å². The average Bonchev–Trinajstić information content (AvgIpc) is 2.98. The maximum absolute atomic E-state index is 12.1. The van der Waals surface area contributed by atoms with Crippen molar-refractivity contribution >= 4 is 5.91 Å². The highest BCUT2D eigenvalue weighted by Crippen LogP contribution is 2.41. The summed E-state index contributed by atoms with van der Waals surface area (Å²) < 4.78 is 16.6. The first-order chi connectivity index (χ1) is 11.0. The van der Waals surface area contributed by atoms with Crippen LogP contribution in [-0.2, 0) is 11.2 Å². The van der Waals surface area contributed by atoms with Crippen molar-refractivity contribution in [3.63, 3.8) is 0 Å². The summed E-state index contributed by atoms with van der Waals surface area (Å²) in [6.07, 6.45) is 0.783. The zero-order valence-corrected chi connectivity index (χ0v) is 13.9. The number of hydrogen-bond donors (Lipinski definition) is 0. The van der Waals surface area contributed by atoms with E-state index in [0.29, 0.717) is 18.0 Å². The molecule has 1 aromatic heterocycles. The number of hydrogen-bond acceptors (Lipinski definition) is 4. The summed E-state index contributed by atoms with van der Waals surface area (Å²) in [7, 11) is 3.24. The Morgan fingerprint density at radius 2 is 1.91 bits per heavy atom. The molecule has 1 aromatic carbocycles. The Balaban J connectivity index is 2.16. The minimum absolute atomic E-state index is 0.0319. The Morgan fingerprint density at radius 1 is 1.22 bits per heavy atom. The molecular formula is C18H21NO4. The second-order valence-corrected chi connectivity index (χ2v) is 5.72. The Hall–Kier alpha value is -2.43. The van der Waals surface area contributed by atoms with E-state index in [1.54, 1.807) is 21.1 Å². The summed E-state index contributed by atoms with van der Waals surface area (Å²) in [6.45, 7) is 4.15. The Bertz CT molecular complexity index is 735. The van der Waals surface area contributed by atoms with Gasteiger partial charge in [-0.25, -0.2) is 0 Å². The van der Waals surface area contributed by atoms with Gasteiger partial charge in [-0.1, -0.05) is 0 Å². The number of fused-ring (bicyclic) bond motifs is 1. The molecule has 2 aromatic rings. The lowest BCUT2D eigenvalue weighted by Crippen LogP contribution is -2.39. The molecule has 0 saturated heterocycles. The van der Waals surface area contributed by atoms with Crippen LogP contribution >= 0.6 is 0 Å². The third-order valence-electron chi connectivity index (χ3n) is 4.31. The fourth-order valence-corrected chi connectivity index (χ4v) is 3.19. The molecule has 2 heterocycles. The summed E-state index contributed by atoms with van der Waals surface area (Å²) in [5.41, 5.74) is 2.18. The van der Waals surface area contributed by atoms with Crippen molar-refractivity contribution in [3.05, 3.63) is 46.9 Å². The largest absolute Gasteiger partial charge is 0.493 e. The number of aryl methyl sites for hydroxylation is 1. The van der Waals surface area contributed by atoms with E-state index >= 15 is 0 Å². The van der Waals surface area contributed by atoms with Gasteiger partial charge < -0.3 is 18.8 Å². The smallest absolute Gasteiger partial charge is 0.220 e. The van der Waals surface area contributed by atoms with E-state index in [2.05, 4.69) is 0 Å². The number of carbonyl (C=O) groups is 1. The standard InChI is InChI=1S/C18H21NO4/c1-11-5-6-15(23-11)18-14-10-17(22-4)16(21-3)9-13(14)7-8-19(18)12(2)20/h5-6,9-10,18H,7-8H2,1-4H3. The van der Waals surface area contributed by atoms with Gasteiger partial charge in [-0.15, -0.1) is 0 Å². The van der Waals surface area contributed by atoms with E-state index in [1.807, 2.05) is 36.1 Å². The van der Waals surface area contributed by atoms with Crippen molar-refractivity contribution < 1.29 is 18.7 Å². The van der Waals surface area contributed by atoms with Crippen molar-refractivity contribution in [2.75, 3.05) is 20.8 Å². The van der Waals surface area contributed by atoms with E-state index in [4.69, 9.17) is 13.9 Å². The third-order valence-corrected chi connectivity index (χ3v) is 4.31. The molecule has 0 fully saturated rings. The molecule has 0 N–H and O–H groups in total. The van der Waals surface area contributed by atoms with E-state index in [0.717, 1.165) is 29.1 Å². The van der Waals surface area contributed by atoms with Gasteiger partial charge in [0.2, 0.25) is 5.91 Å². The van der Waals surface area contributed by atoms with Crippen LogP contribution in [-0.4, -0.2) is 31.6 Å². The zero-order valence-electron chi connectivity index (χ0n) is 13.9. The molecule has 0 bridgehead atoms. The molecule has 1 amide bonds. The lowest BCUT2D eigenvalue weighted by atomic mass is 9.90. The van der Waals surface area contributed by atoms with Gasteiger partial charge in [0.1, 0.15) is 17.6 Å². The number of nitrogens with zero attached hydrogens (tertiary/aromatic N) is 1. The summed E-state index contributed by atoms with van der Waals surface area (Å²) in [4.78, 5) is 13.9. The van der Waals surface area contributed by atoms with Crippen LogP contribution in [0.5, 0.6) is 11.5 Å². The molecule has 1 atom stereocenters. The minimum atomic E-state index is -0.232. The monoisotopic (exact) mass is 315 g/mol. The Kier molecular flexibility index (Phi) is 4.03. The maximum atomic E-state index is 12.1.